The summed E-state index contributed by atoms with van der Waals surface area (Å²) in [6.07, 6.45) is 5.36. The molecule has 5 aliphatic rings. The Balaban J connectivity index is 1.44. The van der Waals surface area contributed by atoms with Crippen LogP contribution in [0, 0.1) is 23.7 Å². The predicted molar refractivity (Wildman–Crippen MR) is 145 cm³/mol. The third-order valence-corrected chi connectivity index (χ3v) is 9.52. The second kappa shape index (κ2) is 9.43. The summed E-state index contributed by atoms with van der Waals surface area (Å²) in [5, 5.41) is 45.0. The Morgan fingerprint density at radius 3 is 2.23 bits per heavy atom. The van der Waals surface area contributed by atoms with Gasteiger partial charge in [-0.2, -0.15) is 0 Å². The van der Waals surface area contributed by atoms with E-state index in [2.05, 4.69) is 4.90 Å². The summed E-state index contributed by atoms with van der Waals surface area (Å²) in [6, 6.07) is 2.31. The SMILES string of the molecule is CN(C)C1C(=O)C(C(N)=O)=C(O)[C@@]2(O)C(=O)C3=C(O)c4c(O)ccc(CN(CC5CC5)CC5CC5)c4C[C@H]3C[C@@H]12. The summed E-state index contributed by atoms with van der Waals surface area (Å²) < 4.78 is 0. The number of carbonyl (C=O) groups is 3. The number of rotatable bonds is 8. The highest BCUT2D eigenvalue weighted by atomic mass is 16.3. The fourth-order valence-corrected chi connectivity index (χ4v) is 7.23. The normalized spacial score (nSPS) is 30.1. The van der Waals surface area contributed by atoms with Gasteiger partial charge in [0.05, 0.1) is 11.6 Å². The van der Waals surface area contributed by atoms with Crippen LogP contribution in [0.4, 0.5) is 0 Å². The first-order chi connectivity index (χ1) is 18.9. The highest BCUT2D eigenvalue weighted by Crippen LogP contribution is 2.53. The molecule has 6 N–H and O–H groups in total. The topological polar surface area (TPSA) is 165 Å². The maximum Gasteiger partial charge on any atom is 0.255 e. The van der Waals surface area contributed by atoms with Gasteiger partial charge in [-0.05, 0) is 87.6 Å². The number of amides is 1. The number of phenols is 1. The number of aliphatic hydroxyl groups is 3. The molecule has 0 bridgehead atoms. The number of hydrogen-bond donors (Lipinski definition) is 5. The third kappa shape index (κ3) is 4.15. The van der Waals surface area contributed by atoms with Crippen molar-refractivity contribution in [1.82, 2.24) is 9.80 Å². The fourth-order valence-electron chi connectivity index (χ4n) is 7.23. The number of benzene rings is 1. The number of Topliss-reactive ketones (excluding diaryl/α,β-unsaturated/α-hetero) is 2. The fraction of sp³-hybridized carbons (Fsp3) is 0.567. The van der Waals surface area contributed by atoms with E-state index in [1.807, 2.05) is 6.07 Å². The number of ketones is 2. The first-order valence-corrected chi connectivity index (χ1v) is 14.1. The lowest BCUT2D eigenvalue weighted by molar-refractivity contribution is -0.153. The molecule has 0 heterocycles. The molecule has 1 unspecified atom stereocenters. The maximum atomic E-state index is 14.0. The van der Waals surface area contributed by atoms with Crippen molar-refractivity contribution in [2.45, 2.75) is 56.7 Å². The molecule has 6 rings (SSSR count). The van der Waals surface area contributed by atoms with Crippen LogP contribution in [-0.2, 0) is 27.3 Å². The van der Waals surface area contributed by atoms with E-state index in [0.29, 0.717) is 24.8 Å². The zero-order valence-corrected chi connectivity index (χ0v) is 22.9. The van der Waals surface area contributed by atoms with Gasteiger partial charge in [-0.3, -0.25) is 24.2 Å². The van der Waals surface area contributed by atoms with Crippen LogP contribution >= 0.6 is 0 Å². The Morgan fingerprint density at radius 1 is 1.05 bits per heavy atom. The van der Waals surface area contributed by atoms with Crippen LogP contribution in [0.3, 0.4) is 0 Å². The molecule has 0 aromatic heterocycles. The number of hydrogen-bond acceptors (Lipinski definition) is 9. The average Bonchev–Trinajstić information content (AvgIpc) is 3.80. The summed E-state index contributed by atoms with van der Waals surface area (Å²) in [7, 11) is 3.19. The quantitative estimate of drug-likeness (QED) is 0.302. The molecule has 3 saturated carbocycles. The van der Waals surface area contributed by atoms with E-state index in [4.69, 9.17) is 5.73 Å². The number of nitrogens with zero attached hydrogens (tertiary/aromatic N) is 2. The van der Waals surface area contributed by atoms with E-state index in [-0.39, 0.29) is 23.3 Å². The van der Waals surface area contributed by atoms with E-state index < -0.39 is 58.0 Å². The van der Waals surface area contributed by atoms with Crippen LogP contribution in [-0.4, -0.2) is 86.5 Å². The Bertz CT molecular complexity index is 1360. The van der Waals surface area contributed by atoms with Crippen molar-refractivity contribution < 1.29 is 34.8 Å². The van der Waals surface area contributed by atoms with E-state index in [0.717, 1.165) is 24.2 Å². The van der Waals surface area contributed by atoms with Crippen molar-refractivity contribution in [1.29, 1.82) is 0 Å². The summed E-state index contributed by atoms with van der Waals surface area (Å²) in [6.45, 7) is 2.68. The summed E-state index contributed by atoms with van der Waals surface area (Å²) in [5.74, 6) is -4.89. The van der Waals surface area contributed by atoms with Crippen molar-refractivity contribution in [3.8, 4) is 5.75 Å². The van der Waals surface area contributed by atoms with Gasteiger partial charge in [0, 0.05) is 31.1 Å². The summed E-state index contributed by atoms with van der Waals surface area (Å²) in [4.78, 5) is 43.4. The van der Waals surface area contributed by atoms with Gasteiger partial charge in [0.2, 0.25) is 5.78 Å². The lowest BCUT2D eigenvalue weighted by Gasteiger charge is -2.50. The van der Waals surface area contributed by atoms with Crippen LogP contribution in [0.2, 0.25) is 0 Å². The van der Waals surface area contributed by atoms with Gasteiger partial charge < -0.3 is 26.2 Å². The standard InChI is InChI=1S/C30H37N3O7/c1-32(2)24-19-10-17-9-18-16(13-33(11-14-3-4-14)12-15-5-6-15)7-8-20(34)22(18)25(35)21(17)27(37)30(19,40)28(38)23(26(24)36)29(31)39/h7-8,14-15,17,19,24,34-35,38,40H,3-6,9-13H2,1-2H3,(H2,31,39)/t17-,19-,24?,30-/m0/s1. The molecule has 10 heteroatoms. The van der Waals surface area contributed by atoms with Crippen LogP contribution < -0.4 is 5.73 Å². The van der Waals surface area contributed by atoms with E-state index in [9.17, 15) is 34.8 Å². The van der Waals surface area contributed by atoms with E-state index >= 15 is 0 Å². The van der Waals surface area contributed by atoms with Gasteiger partial charge in [-0.1, -0.05) is 6.07 Å². The number of nitrogens with two attached hydrogens (primary N) is 1. The number of likely N-dealkylation sites (N-methyl/N-ethyl adjacent to an activating group) is 1. The van der Waals surface area contributed by atoms with Crippen molar-refractivity contribution in [3.05, 3.63) is 45.7 Å². The van der Waals surface area contributed by atoms with Gasteiger partial charge in [0.25, 0.3) is 5.91 Å². The highest BCUT2D eigenvalue weighted by molar-refractivity contribution is 6.24. The molecule has 40 heavy (non-hydrogen) atoms. The van der Waals surface area contributed by atoms with Crippen LogP contribution in [0.5, 0.6) is 5.75 Å². The molecule has 1 aromatic carbocycles. The molecule has 5 aliphatic carbocycles. The molecule has 0 aliphatic heterocycles. The Labute approximate surface area is 232 Å². The number of primary amides is 1. The largest absolute Gasteiger partial charge is 0.508 e. The predicted octanol–water partition coefficient (Wildman–Crippen LogP) is 1.59. The molecular formula is C30H37N3O7. The second-order valence-corrected chi connectivity index (χ2v) is 12.6. The zero-order valence-electron chi connectivity index (χ0n) is 22.9. The zero-order chi connectivity index (χ0) is 28.7. The molecule has 10 nitrogen and oxygen atoms in total. The Morgan fingerprint density at radius 2 is 1.68 bits per heavy atom. The van der Waals surface area contributed by atoms with Crippen LogP contribution in [0.15, 0.2) is 29.0 Å². The lowest BCUT2D eigenvalue weighted by Crippen LogP contribution is -2.65. The molecular weight excluding hydrogens is 514 g/mol. The number of aliphatic hydroxyl groups excluding tert-OH is 2. The molecule has 1 amide bonds. The number of fused-ring (bicyclic) bond motifs is 3. The Hall–Kier alpha value is -3.21. The average molecular weight is 552 g/mol. The minimum Gasteiger partial charge on any atom is -0.508 e. The van der Waals surface area contributed by atoms with Crippen molar-refractivity contribution in [2.24, 2.45) is 29.4 Å². The van der Waals surface area contributed by atoms with Crippen LogP contribution in [0.25, 0.3) is 5.76 Å². The molecule has 0 saturated heterocycles. The van der Waals surface area contributed by atoms with E-state index in [1.54, 1.807) is 14.1 Å². The minimum absolute atomic E-state index is 0.0920. The number of carbonyl (C=O) groups excluding carboxylic acids is 3. The second-order valence-electron chi connectivity index (χ2n) is 12.6. The number of aromatic hydroxyl groups is 1. The maximum absolute atomic E-state index is 14.0. The molecule has 0 radical (unpaired) electrons. The summed E-state index contributed by atoms with van der Waals surface area (Å²) in [5.41, 5.74) is 3.72. The van der Waals surface area contributed by atoms with Crippen molar-refractivity contribution >= 4 is 23.2 Å². The van der Waals surface area contributed by atoms with E-state index in [1.165, 1.54) is 36.6 Å². The minimum atomic E-state index is -2.62. The van der Waals surface area contributed by atoms with Gasteiger partial charge in [-0.15, -0.1) is 0 Å². The monoisotopic (exact) mass is 551 g/mol. The van der Waals surface area contributed by atoms with Gasteiger partial charge >= 0.3 is 0 Å². The highest BCUT2D eigenvalue weighted by Gasteiger charge is 2.64. The molecule has 1 aromatic rings. The third-order valence-electron chi connectivity index (χ3n) is 9.52. The molecule has 0 spiro atoms. The van der Waals surface area contributed by atoms with Gasteiger partial charge in [-0.25, -0.2) is 0 Å². The summed E-state index contributed by atoms with van der Waals surface area (Å²) >= 11 is 0. The van der Waals surface area contributed by atoms with Crippen molar-refractivity contribution in [2.75, 3.05) is 27.2 Å². The first kappa shape index (κ1) is 27.0. The van der Waals surface area contributed by atoms with Gasteiger partial charge in [0.15, 0.2) is 11.4 Å². The smallest absolute Gasteiger partial charge is 0.255 e. The molecule has 3 fully saturated rings. The van der Waals surface area contributed by atoms with Gasteiger partial charge in [0.1, 0.15) is 22.8 Å². The lowest BCUT2D eigenvalue weighted by atomic mass is 9.57. The van der Waals surface area contributed by atoms with Crippen molar-refractivity contribution in [3.63, 3.8) is 0 Å². The Kier molecular flexibility index (Phi) is 6.36. The van der Waals surface area contributed by atoms with Crippen LogP contribution in [0.1, 0.15) is 48.8 Å². The number of phenolic OH excluding ortho intramolecular Hbond substituents is 1. The first-order valence-electron chi connectivity index (χ1n) is 14.1. The molecule has 214 valence electrons. The molecule has 4 atom stereocenters.